The minimum atomic E-state index is -0.872. The third-order valence-corrected chi connectivity index (χ3v) is 3.93. The van der Waals surface area contributed by atoms with Gasteiger partial charge in [0.05, 0.1) is 11.1 Å². The van der Waals surface area contributed by atoms with Crippen LogP contribution in [-0.2, 0) is 11.0 Å². The Morgan fingerprint density at radius 3 is 2.10 bits per heavy atom. The van der Waals surface area contributed by atoms with Crippen LogP contribution in [0.15, 0.2) is 18.2 Å². The second kappa shape index (κ2) is 4.56. The first-order chi connectivity index (χ1) is 9.01. The Bertz CT molecular complexity index is 658. The summed E-state index contributed by atoms with van der Waals surface area (Å²) < 4.78 is 0. The molecule has 1 aromatic heterocycles. The van der Waals surface area contributed by atoms with Gasteiger partial charge in [-0.2, -0.15) is 0 Å². The number of benzene rings is 1. The number of aryl methyl sites for hydroxylation is 2. The number of hydrogen-bond donors (Lipinski definition) is 1. The molecular formula is C18H25NO. The van der Waals surface area contributed by atoms with E-state index in [1.165, 1.54) is 11.1 Å². The third kappa shape index (κ3) is 2.57. The molecule has 0 bridgehead atoms. The van der Waals surface area contributed by atoms with Crippen molar-refractivity contribution in [2.75, 3.05) is 0 Å². The largest absolute Gasteiger partial charge is 0.386 e. The Morgan fingerprint density at radius 2 is 1.60 bits per heavy atom. The fourth-order valence-corrected chi connectivity index (χ4v) is 2.42. The highest BCUT2D eigenvalue weighted by atomic mass is 16.3. The van der Waals surface area contributed by atoms with E-state index in [2.05, 4.69) is 52.8 Å². The number of nitrogens with zero attached hydrogens (tertiary/aromatic N) is 1. The van der Waals surface area contributed by atoms with Gasteiger partial charge >= 0.3 is 0 Å². The Hall–Kier alpha value is -1.41. The molecule has 0 unspecified atom stereocenters. The van der Waals surface area contributed by atoms with E-state index in [0.29, 0.717) is 0 Å². The van der Waals surface area contributed by atoms with Crippen LogP contribution in [0.1, 0.15) is 57.0 Å². The number of aromatic nitrogens is 1. The molecule has 2 heteroatoms. The minimum absolute atomic E-state index is 0.0373. The van der Waals surface area contributed by atoms with E-state index in [1.807, 2.05) is 13.8 Å². The van der Waals surface area contributed by atoms with Crippen LogP contribution in [0.25, 0.3) is 10.9 Å². The van der Waals surface area contributed by atoms with E-state index in [0.717, 1.165) is 22.2 Å². The molecule has 20 heavy (non-hydrogen) atoms. The number of rotatable bonds is 1. The smallest absolute Gasteiger partial charge is 0.0847 e. The summed E-state index contributed by atoms with van der Waals surface area (Å²) in [5.74, 6) is 0. The van der Waals surface area contributed by atoms with Gasteiger partial charge in [0.25, 0.3) is 0 Å². The van der Waals surface area contributed by atoms with E-state index in [4.69, 9.17) is 4.98 Å². The van der Waals surface area contributed by atoms with Crippen molar-refractivity contribution in [1.82, 2.24) is 4.98 Å². The van der Waals surface area contributed by atoms with Crippen molar-refractivity contribution >= 4 is 10.9 Å². The van der Waals surface area contributed by atoms with Gasteiger partial charge in [0.15, 0.2) is 0 Å². The summed E-state index contributed by atoms with van der Waals surface area (Å²) in [6, 6.07) is 6.23. The van der Waals surface area contributed by atoms with Crippen molar-refractivity contribution in [3.8, 4) is 0 Å². The van der Waals surface area contributed by atoms with Gasteiger partial charge in [0, 0.05) is 16.5 Å². The highest BCUT2D eigenvalue weighted by Gasteiger charge is 2.25. The van der Waals surface area contributed by atoms with Gasteiger partial charge in [-0.1, -0.05) is 32.9 Å². The van der Waals surface area contributed by atoms with Gasteiger partial charge in [-0.25, -0.2) is 0 Å². The molecule has 2 nitrogen and oxygen atoms in total. The van der Waals surface area contributed by atoms with E-state index in [-0.39, 0.29) is 5.41 Å². The van der Waals surface area contributed by atoms with E-state index in [9.17, 15) is 5.11 Å². The van der Waals surface area contributed by atoms with Crippen LogP contribution in [0.2, 0.25) is 0 Å². The topological polar surface area (TPSA) is 33.1 Å². The number of aliphatic hydroxyl groups is 1. The second-order valence-corrected chi connectivity index (χ2v) is 7.27. The molecule has 0 aliphatic heterocycles. The molecular weight excluding hydrogens is 246 g/mol. The monoisotopic (exact) mass is 271 g/mol. The van der Waals surface area contributed by atoms with Gasteiger partial charge in [-0.3, -0.25) is 4.98 Å². The summed E-state index contributed by atoms with van der Waals surface area (Å²) in [6.45, 7) is 14.3. The van der Waals surface area contributed by atoms with Crippen molar-refractivity contribution in [1.29, 1.82) is 0 Å². The Balaban J connectivity index is 2.93. The molecule has 1 N–H and O–H groups in total. The van der Waals surface area contributed by atoms with Gasteiger partial charge in [0.1, 0.15) is 0 Å². The lowest BCUT2D eigenvalue weighted by Gasteiger charge is -2.26. The highest BCUT2D eigenvalue weighted by molar-refractivity contribution is 5.87. The van der Waals surface area contributed by atoms with Crippen LogP contribution in [0, 0.1) is 13.8 Å². The second-order valence-electron chi connectivity index (χ2n) is 7.27. The minimum Gasteiger partial charge on any atom is -0.386 e. The van der Waals surface area contributed by atoms with Crippen LogP contribution in [0.3, 0.4) is 0 Å². The Morgan fingerprint density at radius 1 is 1.00 bits per heavy atom. The summed E-state index contributed by atoms with van der Waals surface area (Å²) in [5.41, 5.74) is 4.51. The van der Waals surface area contributed by atoms with Gasteiger partial charge in [-0.05, 0) is 50.5 Å². The number of hydrogen-bond acceptors (Lipinski definition) is 2. The lowest BCUT2D eigenvalue weighted by molar-refractivity contribution is 0.0800. The fraction of sp³-hybridized carbons (Fsp3) is 0.500. The zero-order chi connectivity index (χ0) is 15.3. The molecule has 2 aromatic rings. The first-order valence-electron chi connectivity index (χ1n) is 7.16. The summed E-state index contributed by atoms with van der Waals surface area (Å²) in [6.07, 6.45) is 0. The fourth-order valence-electron chi connectivity index (χ4n) is 2.42. The maximum absolute atomic E-state index is 10.5. The first kappa shape index (κ1) is 15.0. The van der Waals surface area contributed by atoms with Crippen LogP contribution in [0.5, 0.6) is 0 Å². The van der Waals surface area contributed by atoms with Crippen LogP contribution in [0.4, 0.5) is 0 Å². The van der Waals surface area contributed by atoms with E-state index < -0.39 is 5.60 Å². The molecule has 2 rings (SSSR count). The molecule has 1 aromatic carbocycles. The third-order valence-electron chi connectivity index (χ3n) is 3.93. The molecule has 0 spiro atoms. The summed E-state index contributed by atoms with van der Waals surface area (Å²) in [7, 11) is 0. The molecule has 0 aliphatic carbocycles. The van der Waals surface area contributed by atoms with Crippen molar-refractivity contribution in [3.05, 3.63) is 40.6 Å². The average molecular weight is 271 g/mol. The van der Waals surface area contributed by atoms with Gasteiger partial charge < -0.3 is 5.11 Å². The van der Waals surface area contributed by atoms with Gasteiger partial charge in [0.2, 0.25) is 0 Å². The SMILES string of the molecule is Cc1ccc2c(C(C)(C)O)cc(C(C)(C)C)nc2c1C. The molecule has 0 amide bonds. The lowest BCUT2D eigenvalue weighted by atomic mass is 9.85. The predicted molar refractivity (Wildman–Crippen MR) is 85.2 cm³/mol. The maximum atomic E-state index is 10.5. The maximum Gasteiger partial charge on any atom is 0.0847 e. The summed E-state index contributed by atoms with van der Waals surface area (Å²) >= 11 is 0. The van der Waals surface area contributed by atoms with Crippen molar-refractivity contribution in [2.24, 2.45) is 0 Å². The zero-order valence-corrected chi connectivity index (χ0v) is 13.6. The Labute approximate surface area is 121 Å². The molecule has 108 valence electrons. The van der Waals surface area contributed by atoms with Crippen molar-refractivity contribution in [3.63, 3.8) is 0 Å². The van der Waals surface area contributed by atoms with Crippen molar-refractivity contribution in [2.45, 2.75) is 59.5 Å². The number of fused-ring (bicyclic) bond motifs is 1. The normalized spacial score (nSPS) is 13.0. The lowest BCUT2D eigenvalue weighted by Crippen LogP contribution is -2.20. The summed E-state index contributed by atoms with van der Waals surface area (Å²) in [4.78, 5) is 4.87. The molecule has 0 saturated carbocycles. The van der Waals surface area contributed by atoms with Crippen LogP contribution in [-0.4, -0.2) is 10.1 Å². The molecule has 0 radical (unpaired) electrons. The Kier molecular flexibility index (Phi) is 3.42. The van der Waals surface area contributed by atoms with E-state index >= 15 is 0 Å². The molecule has 0 saturated heterocycles. The molecule has 0 atom stereocenters. The molecule has 0 fully saturated rings. The quantitative estimate of drug-likeness (QED) is 0.835. The van der Waals surface area contributed by atoms with E-state index in [1.54, 1.807) is 0 Å². The van der Waals surface area contributed by atoms with Crippen LogP contribution < -0.4 is 0 Å². The highest BCUT2D eigenvalue weighted by Crippen LogP contribution is 2.33. The first-order valence-corrected chi connectivity index (χ1v) is 7.16. The van der Waals surface area contributed by atoms with Crippen LogP contribution >= 0.6 is 0 Å². The zero-order valence-electron chi connectivity index (χ0n) is 13.6. The molecule has 1 heterocycles. The standard InChI is InChI=1S/C18H25NO/c1-11-8-9-13-14(18(6,7)20)10-15(17(3,4)5)19-16(13)12(11)2/h8-10,20H,1-7H3. The van der Waals surface area contributed by atoms with Crippen molar-refractivity contribution < 1.29 is 5.11 Å². The molecule has 0 aliphatic rings. The summed E-state index contributed by atoms with van der Waals surface area (Å²) in [5, 5.41) is 11.6. The number of pyridine rings is 1. The average Bonchev–Trinajstić information content (AvgIpc) is 2.30. The van der Waals surface area contributed by atoms with Gasteiger partial charge in [-0.15, -0.1) is 0 Å². The predicted octanol–water partition coefficient (Wildman–Crippen LogP) is 4.38.